The minimum Gasteiger partial charge on any atom is -0.462 e. The summed E-state index contributed by atoms with van der Waals surface area (Å²) >= 11 is 0. The molecule has 2 bridgehead atoms. The number of nitrogen functional groups attached to an aromatic ring is 2. The molecule has 0 spiro atoms. The maximum atomic E-state index is 11.4. The number of fused-ring (bicyclic) bond motifs is 2. The number of ether oxygens (including phenoxy) is 1. The number of carbonyl (C=O) groups excluding carboxylic acids is 1. The van der Waals surface area contributed by atoms with Crippen molar-refractivity contribution in [3.8, 4) is 0 Å². The lowest BCUT2D eigenvalue weighted by molar-refractivity contribution is -0.156. The average Bonchev–Trinajstić information content (AvgIpc) is 2.43. The molecule has 6 nitrogen and oxygen atoms in total. The predicted octanol–water partition coefficient (Wildman–Crippen LogP) is 1.47. The fourth-order valence-electron chi connectivity index (χ4n) is 3.49. The van der Waals surface area contributed by atoms with Gasteiger partial charge in [-0.3, -0.25) is 4.79 Å². The predicted molar refractivity (Wildman–Crippen MR) is 79.0 cm³/mol. The number of esters is 1. The molecule has 1 saturated carbocycles. The first-order valence-corrected chi connectivity index (χ1v) is 7.22. The van der Waals surface area contributed by atoms with E-state index in [2.05, 4.69) is 22.1 Å². The van der Waals surface area contributed by atoms with Crippen LogP contribution in [0.5, 0.6) is 0 Å². The summed E-state index contributed by atoms with van der Waals surface area (Å²) in [5.41, 5.74) is 12.1. The Hall–Kier alpha value is -2.11. The summed E-state index contributed by atoms with van der Waals surface area (Å²) in [7, 11) is 0. The molecule has 6 heteroatoms. The molecule has 3 atom stereocenters. The van der Waals surface area contributed by atoms with Crippen LogP contribution in [0.4, 0.5) is 11.8 Å². The second-order valence-corrected chi connectivity index (χ2v) is 6.04. The van der Waals surface area contributed by atoms with E-state index in [1.807, 2.05) is 0 Å². The second kappa shape index (κ2) is 5.02. The molecule has 0 aromatic carbocycles. The van der Waals surface area contributed by atoms with Crippen molar-refractivity contribution in [2.24, 2.45) is 11.3 Å². The number of allylic oxidation sites excluding steroid dienone is 1. The van der Waals surface area contributed by atoms with Crippen molar-refractivity contribution in [2.45, 2.75) is 38.7 Å². The number of hydrogen-bond donors (Lipinski definition) is 2. The van der Waals surface area contributed by atoms with Gasteiger partial charge in [-0.25, -0.2) is 4.98 Å². The number of aromatic nitrogens is 2. The Morgan fingerprint density at radius 1 is 1.52 bits per heavy atom. The minimum atomic E-state index is -0.234. The van der Waals surface area contributed by atoms with Crippen LogP contribution >= 0.6 is 0 Å². The van der Waals surface area contributed by atoms with E-state index in [4.69, 9.17) is 16.2 Å². The zero-order valence-corrected chi connectivity index (χ0v) is 12.1. The first-order valence-electron chi connectivity index (χ1n) is 7.22. The third kappa shape index (κ3) is 2.57. The molecule has 0 saturated heterocycles. The Labute approximate surface area is 123 Å². The highest BCUT2D eigenvalue weighted by Gasteiger charge is 2.46. The lowest BCUT2D eigenvalue weighted by atomic mass is 9.61. The first kappa shape index (κ1) is 13.9. The van der Waals surface area contributed by atoms with Crippen molar-refractivity contribution in [1.82, 2.24) is 9.97 Å². The molecule has 21 heavy (non-hydrogen) atoms. The molecule has 1 aromatic heterocycles. The van der Waals surface area contributed by atoms with Crippen LogP contribution in [0.2, 0.25) is 0 Å². The van der Waals surface area contributed by atoms with E-state index >= 15 is 0 Å². The zero-order chi connectivity index (χ0) is 15.0. The largest absolute Gasteiger partial charge is 0.462 e. The molecule has 3 aliphatic rings. The molecule has 0 aliphatic heterocycles. The fourth-order valence-corrected chi connectivity index (χ4v) is 3.49. The van der Waals surface area contributed by atoms with Gasteiger partial charge in [-0.2, -0.15) is 4.98 Å². The van der Waals surface area contributed by atoms with Crippen LogP contribution in [-0.4, -0.2) is 22.0 Å². The normalized spacial score (nSPS) is 30.3. The van der Waals surface area contributed by atoms with Gasteiger partial charge in [0, 0.05) is 24.1 Å². The van der Waals surface area contributed by atoms with Crippen molar-refractivity contribution in [1.29, 1.82) is 0 Å². The van der Waals surface area contributed by atoms with Gasteiger partial charge >= 0.3 is 5.97 Å². The van der Waals surface area contributed by atoms with Gasteiger partial charge in [0.2, 0.25) is 5.95 Å². The summed E-state index contributed by atoms with van der Waals surface area (Å²) in [6, 6.07) is 0. The summed E-state index contributed by atoms with van der Waals surface area (Å²) in [6.45, 7) is 1.46. The second-order valence-electron chi connectivity index (χ2n) is 6.04. The molecule has 1 heterocycles. The highest BCUT2D eigenvalue weighted by Crippen LogP contribution is 2.49. The highest BCUT2D eigenvalue weighted by atomic mass is 16.5. The molecule has 112 valence electrons. The van der Waals surface area contributed by atoms with Crippen molar-refractivity contribution < 1.29 is 9.53 Å². The number of hydrogen-bond acceptors (Lipinski definition) is 6. The third-order valence-corrected chi connectivity index (χ3v) is 4.58. The Kier molecular flexibility index (Phi) is 3.31. The lowest BCUT2D eigenvalue weighted by Gasteiger charge is -2.47. The average molecular weight is 288 g/mol. The van der Waals surface area contributed by atoms with E-state index in [0.29, 0.717) is 18.2 Å². The summed E-state index contributed by atoms with van der Waals surface area (Å²) in [5.74, 6) is 0.853. The Morgan fingerprint density at radius 2 is 2.33 bits per heavy atom. The number of nitrogens with zero attached hydrogens (tertiary/aromatic N) is 2. The van der Waals surface area contributed by atoms with E-state index < -0.39 is 0 Å². The van der Waals surface area contributed by atoms with Crippen LogP contribution < -0.4 is 11.5 Å². The first-order chi connectivity index (χ1) is 9.98. The van der Waals surface area contributed by atoms with Crippen molar-refractivity contribution in [3.63, 3.8) is 0 Å². The van der Waals surface area contributed by atoms with Gasteiger partial charge < -0.3 is 16.2 Å². The topological polar surface area (TPSA) is 104 Å². The molecule has 0 amide bonds. The zero-order valence-electron chi connectivity index (χ0n) is 12.1. The molecule has 3 unspecified atom stereocenters. The van der Waals surface area contributed by atoms with E-state index in [9.17, 15) is 4.79 Å². The summed E-state index contributed by atoms with van der Waals surface area (Å²) < 4.78 is 5.57. The van der Waals surface area contributed by atoms with Crippen LogP contribution in [0.1, 0.15) is 31.7 Å². The fraction of sp³-hybridized carbons (Fsp3) is 0.533. The Morgan fingerprint density at radius 3 is 2.95 bits per heavy atom. The molecular formula is C15H20N4O2. The molecule has 3 aliphatic carbocycles. The van der Waals surface area contributed by atoms with Crippen LogP contribution in [-0.2, 0) is 16.0 Å². The standard InChI is InChI=1S/C15H20N4O2/c1-9(20)21-12-6-10-2-4-15(12,5-3-10)7-11-8-18-14(17)19-13(11)16/h2,4,8,10,12H,3,5-7H2,1H3,(H4,16,17,18,19). The highest BCUT2D eigenvalue weighted by molar-refractivity contribution is 5.66. The van der Waals surface area contributed by atoms with Crippen LogP contribution in [0.3, 0.4) is 0 Å². The smallest absolute Gasteiger partial charge is 0.302 e. The third-order valence-electron chi connectivity index (χ3n) is 4.58. The SMILES string of the molecule is CC(=O)OC1CC2C=CC1(Cc1cnc(N)nc1N)CC2. The van der Waals surface area contributed by atoms with E-state index in [1.165, 1.54) is 6.92 Å². The van der Waals surface area contributed by atoms with Gasteiger partial charge in [-0.15, -0.1) is 0 Å². The molecular weight excluding hydrogens is 268 g/mol. The number of nitrogens with two attached hydrogens (primary N) is 2. The van der Waals surface area contributed by atoms with E-state index in [0.717, 1.165) is 24.8 Å². The van der Waals surface area contributed by atoms with Gasteiger partial charge in [-0.1, -0.05) is 12.2 Å². The summed E-state index contributed by atoms with van der Waals surface area (Å²) in [5, 5.41) is 0. The Balaban J connectivity index is 1.90. The van der Waals surface area contributed by atoms with Crippen molar-refractivity contribution in [3.05, 3.63) is 23.9 Å². The number of anilines is 2. The van der Waals surface area contributed by atoms with E-state index in [-0.39, 0.29) is 23.4 Å². The van der Waals surface area contributed by atoms with Crippen molar-refractivity contribution >= 4 is 17.7 Å². The van der Waals surface area contributed by atoms with Gasteiger partial charge in [-0.05, 0) is 31.6 Å². The quantitative estimate of drug-likeness (QED) is 0.644. The lowest BCUT2D eigenvalue weighted by Crippen LogP contribution is -2.46. The molecule has 1 aromatic rings. The molecule has 4 N–H and O–H groups in total. The maximum Gasteiger partial charge on any atom is 0.302 e. The summed E-state index contributed by atoms with van der Waals surface area (Å²) in [6.07, 6.45) is 9.64. The summed E-state index contributed by atoms with van der Waals surface area (Å²) in [4.78, 5) is 19.4. The Bertz CT molecular complexity index is 601. The minimum absolute atomic E-state index is 0.101. The number of rotatable bonds is 3. The van der Waals surface area contributed by atoms with Gasteiger partial charge in [0.05, 0.1) is 0 Å². The van der Waals surface area contributed by atoms with Crippen LogP contribution in [0.15, 0.2) is 18.3 Å². The molecule has 1 fully saturated rings. The van der Waals surface area contributed by atoms with E-state index in [1.54, 1.807) is 6.20 Å². The maximum absolute atomic E-state index is 11.4. The van der Waals surface area contributed by atoms with Crippen LogP contribution in [0.25, 0.3) is 0 Å². The number of carbonyl (C=O) groups is 1. The van der Waals surface area contributed by atoms with Gasteiger partial charge in [0.25, 0.3) is 0 Å². The molecule has 0 radical (unpaired) electrons. The monoisotopic (exact) mass is 288 g/mol. The molecule has 4 rings (SSSR count). The van der Waals surface area contributed by atoms with Crippen LogP contribution in [0, 0.1) is 11.3 Å². The van der Waals surface area contributed by atoms with Gasteiger partial charge in [0.15, 0.2) is 0 Å². The van der Waals surface area contributed by atoms with Crippen molar-refractivity contribution in [2.75, 3.05) is 11.5 Å². The van der Waals surface area contributed by atoms with Gasteiger partial charge in [0.1, 0.15) is 11.9 Å².